The third kappa shape index (κ3) is 6.10. The number of nitrogens with two attached hydrogens (primary N) is 1. The Kier molecular flexibility index (Phi) is 5.88. The Hall–Kier alpha value is -1.10. The zero-order chi connectivity index (χ0) is 10.3. The standard InChI is InChI=1S/C8H16N3O2/c1-6(12)11-7(8(10)13)4-2-3-5-9/h7,10H,2-5,9H2,1H3,(H,11,12)/t7-/m0/s1. The van der Waals surface area contributed by atoms with Gasteiger partial charge in [-0.1, -0.05) is 0 Å². The second-order valence-corrected chi connectivity index (χ2v) is 2.90. The summed E-state index contributed by atoms with van der Waals surface area (Å²) in [6.07, 6.45) is 2.06. The minimum Gasteiger partial charge on any atom is -0.344 e. The number of amides is 2. The van der Waals surface area contributed by atoms with Crippen LogP contribution in [0.3, 0.4) is 0 Å². The highest BCUT2D eigenvalue weighted by molar-refractivity contribution is 5.85. The molecule has 5 heteroatoms. The van der Waals surface area contributed by atoms with Crippen LogP contribution in [0.5, 0.6) is 0 Å². The van der Waals surface area contributed by atoms with E-state index in [0.29, 0.717) is 13.0 Å². The minimum absolute atomic E-state index is 0.279. The summed E-state index contributed by atoms with van der Waals surface area (Å²) in [5.74, 6) is -1.02. The highest BCUT2D eigenvalue weighted by Crippen LogP contribution is 2.00. The lowest BCUT2D eigenvalue weighted by Crippen LogP contribution is -2.40. The predicted molar refractivity (Wildman–Crippen MR) is 48.6 cm³/mol. The molecule has 4 N–H and O–H groups in total. The largest absolute Gasteiger partial charge is 0.344 e. The van der Waals surface area contributed by atoms with Gasteiger partial charge < -0.3 is 11.1 Å². The first-order valence-corrected chi connectivity index (χ1v) is 4.30. The molecule has 0 fully saturated rings. The van der Waals surface area contributed by atoms with Crippen LogP contribution < -0.4 is 16.8 Å². The van der Waals surface area contributed by atoms with Gasteiger partial charge in [-0.2, -0.15) is 0 Å². The average Bonchev–Trinajstić information content (AvgIpc) is 2.02. The van der Waals surface area contributed by atoms with E-state index in [1.165, 1.54) is 6.92 Å². The predicted octanol–water partition coefficient (Wildman–Crippen LogP) is -0.570. The van der Waals surface area contributed by atoms with Crippen molar-refractivity contribution in [2.45, 2.75) is 32.2 Å². The second-order valence-electron chi connectivity index (χ2n) is 2.90. The van der Waals surface area contributed by atoms with Crippen molar-refractivity contribution in [3.05, 3.63) is 0 Å². The fourth-order valence-electron chi connectivity index (χ4n) is 1.01. The summed E-state index contributed by atoms with van der Waals surface area (Å²) >= 11 is 0. The topological polar surface area (TPSA) is 96.0 Å². The third-order valence-electron chi connectivity index (χ3n) is 1.64. The van der Waals surface area contributed by atoms with Crippen molar-refractivity contribution in [2.75, 3.05) is 6.54 Å². The van der Waals surface area contributed by atoms with Crippen molar-refractivity contribution < 1.29 is 9.59 Å². The normalized spacial score (nSPS) is 12.2. The Morgan fingerprint density at radius 3 is 2.46 bits per heavy atom. The van der Waals surface area contributed by atoms with Crippen LogP contribution in [0.15, 0.2) is 0 Å². The molecule has 0 saturated heterocycles. The Labute approximate surface area is 77.8 Å². The van der Waals surface area contributed by atoms with Crippen LogP contribution >= 0.6 is 0 Å². The Morgan fingerprint density at radius 2 is 2.08 bits per heavy atom. The van der Waals surface area contributed by atoms with E-state index >= 15 is 0 Å². The van der Waals surface area contributed by atoms with Crippen LogP contribution in [0, 0.1) is 0 Å². The van der Waals surface area contributed by atoms with Crippen LogP contribution in [0.2, 0.25) is 0 Å². The smallest absolute Gasteiger partial charge is 0.260 e. The van der Waals surface area contributed by atoms with Gasteiger partial charge in [0.15, 0.2) is 0 Å². The maximum Gasteiger partial charge on any atom is 0.260 e. The van der Waals surface area contributed by atoms with Gasteiger partial charge in [-0.3, -0.25) is 15.3 Å². The lowest BCUT2D eigenvalue weighted by Gasteiger charge is -2.12. The van der Waals surface area contributed by atoms with Crippen molar-refractivity contribution >= 4 is 11.8 Å². The van der Waals surface area contributed by atoms with E-state index in [9.17, 15) is 9.59 Å². The molecule has 0 spiro atoms. The van der Waals surface area contributed by atoms with E-state index in [0.717, 1.165) is 12.8 Å². The number of rotatable bonds is 6. The molecule has 0 aromatic heterocycles. The first kappa shape index (κ1) is 11.9. The van der Waals surface area contributed by atoms with E-state index in [-0.39, 0.29) is 5.91 Å². The summed E-state index contributed by atoms with van der Waals surface area (Å²) in [5, 5.41) is 2.42. The Morgan fingerprint density at radius 1 is 1.46 bits per heavy atom. The van der Waals surface area contributed by atoms with Gasteiger partial charge in [0.1, 0.15) is 6.04 Å². The molecular weight excluding hydrogens is 170 g/mol. The summed E-state index contributed by atoms with van der Waals surface area (Å²) in [6, 6.07) is -0.663. The summed E-state index contributed by atoms with van der Waals surface area (Å²) in [6.45, 7) is 1.90. The molecule has 0 aliphatic heterocycles. The van der Waals surface area contributed by atoms with Crippen LogP contribution in [0.25, 0.3) is 0 Å². The van der Waals surface area contributed by atoms with Gasteiger partial charge in [-0.25, -0.2) is 0 Å². The molecule has 0 aliphatic carbocycles. The molecule has 13 heavy (non-hydrogen) atoms. The Bertz CT molecular complexity index is 182. The van der Waals surface area contributed by atoms with E-state index in [4.69, 9.17) is 11.5 Å². The quantitative estimate of drug-likeness (QED) is 0.543. The molecule has 1 atom stereocenters. The second kappa shape index (κ2) is 6.42. The first-order valence-electron chi connectivity index (χ1n) is 4.30. The average molecular weight is 186 g/mol. The van der Waals surface area contributed by atoms with Gasteiger partial charge in [0.25, 0.3) is 5.91 Å². The van der Waals surface area contributed by atoms with E-state index in [2.05, 4.69) is 5.32 Å². The molecule has 0 rings (SSSR count). The number of carbonyl (C=O) groups is 2. The van der Waals surface area contributed by atoms with Gasteiger partial charge in [0.05, 0.1) is 0 Å². The van der Waals surface area contributed by atoms with E-state index in [1.807, 2.05) is 0 Å². The van der Waals surface area contributed by atoms with Crippen LogP contribution in [0.1, 0.15) is 26.2 Å². The maximum atomic E-state index is 10.7. The highest BCUT2D eigenvalue weighted by atomic mass is 16.2. The minimum atomic E-state index is -0.743. The van der Waals surface area contributed by atoms with Gasteiger partial charge >= 0.3 is 0 Å². The molecule has 75 valence electrons. The van der Waals surface area contributed by atoms with Crippen molar-refractivity contribution in [1.29, 1.82) is 0 Å². The monoisotopic (exact) mass is 186 g/mol. The summed E-state index contributed by atoms with van der Waals surface area (Å²) in [7, 11) is 0. The van der Waals surface area contributed by atoms with E-state index in [1.54, 1.807) is 0 Å². The third-order valence-corrected chi connectivity index (χ3v) is 1.64. The van der Waals surface area contributed by atoms with Gasteiger partial charge in [-0.15, -0.1) is 0 Å². The molecule has 0 aromatic rings. The summed E-state index contributed by atoms with van der Waals surface area (Å²) in [5.41, 5.74) is 12.2. The molecular formula is C8H16N3O2. The molecule has 0 unspecified atom stereocenters. The highest BCUT2D eigenvalue weighted by Gasteiger charge is 2.15. The van der Waals surface area contributed by atoms with Crippen molar-refractivity contribution in [3.63, 3.8) is 0 Å². The lowest BCUT2D eigenvalue weighted by atomic mass is 10.1. The molecule has 0 aliphatic rings. The van der Waals surface area contributed by atoms with Crippen molar-refractivity contribution in [1.82, 2.24) is 11.1 Å². The van der Waals surface area contributed by atoms with Gasteiger partial charge in [-0.05, 0) is 25.8 Å². The fourth-order valence-corrected chi connectivity index (χ4v) is 1.01. The zero-order valence-corrected chi connectivity index (χ0v) is 7.80. The fraction of sp³-hybridized carbons (Fsp3) is 0.750. The molecule has 0 heterocycles. The number of carbonyl (C=O) groups excluding carboxylic acids is 2. The summed E-state index contributed by atoms with van der Waals surface area (Å²) in [4.78, 5) is 21.3. The number of hydrogen-bond donors (Lipinski definition) is 2. The van der Waals surface area contributed by atoms with Gasteiger partial charge in [0, 0.05) is 6.92 Å². The van der Waals surface area contributed by atoms with Crippen LogP contribution in [-0.4, -0.2) is 24.4 Å². The van der Waals surface area contributed by atoms with Crippen molar-refractivity contribution in [3.8, 4) is 0 Å². The first-order chi connectivity index (χ1) is 6.07. The van der Waals surface area contributed by atoms with E-state index < -0.39 is 11.9 Å². The number of unbranched alkanes of at least 4 members (excludes halogenated alkanes) is 1. The zero-order valence-electron chi connectivity index (χ0n) is 7.80. The summed E-state index contributed by atoms with van der Waals surface area (Å²) < 4.78 is 0. The lowest BCUT2D eigenvalue weighted by molar-refractivity contribution is -0.126. The van der Waals surface area contributed by atoms with Crippen LogP contribution in [-0.2, 0) is 9.59 Å². The molecule has 0 bridgehead atoms. The van der Waals surface area contributed by atoms with Gasteiger partial charge in [0.2, 0.25) is 5.91 Å². The number of hydrogen-bond acceptors (Lipinski definition) is 3. The number of nitrogens with one attached hydrogen (secondary N) is 2. The molecule has 0 saturated carbocycles. The van der Waals surface area contributed by atoms with Crippen molar-refractivity contribution in [2.24, 2.45) is 5.73 Å². The molecule has 0 aromatic carbocycles. The SMILES string of the molecule is CC(=O)N[C@@H](CCCCN)C([NH])=O. The molecule has 1 radical (unpaired) electrons. The molecule has 2 amide bonds. The Balaban J connectivity index is 3.81. The van der Waals surface area contributed by atoms with Crippen LogP contribution in [0.4, 0.5) is 0 Å². The molecule has 5 nitrogen and oxygen atoms in total. The maximum absolute atomic E-state index is 10.7.